The molecule has 20 heavy (non-hydrogen) atoms. The number of nitrogens with one attached hydrogen (secondary N) is 2. The zero-order valence-corrected chi connectivity index (χ0v) is 10.5. The summed E-state index contributed by atoms with van der Waals surface area (Å²) in [5, 5.41) is 22.2. The van der Waals surface area contributed by atoms with E-state index in [0.717, 1.165) is 5.56 Å². The standard InChI is InChI=1S/C12H15N3O5/c13-12(20)15-5-7-1-3-8(4-2-7)10(17)14-6-9(16)11(18)19/h1-4,9,16H,5-6H2,(H,14,17)(H,18,19)(H3,13,15,20). The minimum Gasteiger partial charge on any atom is -0.479 e. The molecule has 0 spiro atoms. The molecule has 3 amide bonds. The molecular formula is C12H15N3O5. The lowest BCUT2D eigenvalue weighted by atomic mass is 10.1. The third-order valence-corrected chi connectivity index (χ3v) is 2.42. The molecule has 1 aromatic carbocycles. The van der Waals surface area contributed by atoms with Crippen molar-refractivity contribution in [2.75, 3.05) is 6.54 Å². The predicted molar refractivity (Wildman–Crippen MR) is 68.8 cm³/mol. The maximum Gasteiger partial charge on any atom is 0.334 e. The summed E-state index contributed by atoms with van der Waals surface area (Å²) in [6.07, 6.45) is -1.64. The van der Waals surface area contributed by atoms with E-state index in [2.05, 4.69) is 10.6 Å². The lowest BCUT2D eigenvalue weighted by Crippen LogP contribution is -2.36. The Labute approximate surface area is 114 Å². The Kier molecular flexibility index (Phi) is 5.48. The van der Waals surface area contributed by atoms with Crippen LogP contribution in [-0.4, -0.2) is 40.8 Å². The molecule has 8 nitrogen and oxygen atoms in total. The number of hydrogen-bond donors (Lipinski definition) is 5. The molecule has 1 aromatic rings. The van der Waals surface area contributed by atoms with Gasteiger partial charge in [-0.1, -0.05) is 12.1 Å². The molecule has 0 bridgehead atoms. The minimum atomic E-state index is -1.64. The van der Waals surface area contributed by atoms with E-state index in [-0.39, 0.29) is 13.1 Å². The molecule has 1 atom stereocenters. The number of amides is 3. The Morgan fingerprint density at radius 2 is 1.75 bits per heavy atom. The summed E-state index contributed by atoms with van der Waals surface area (Å²) in [7, 11) is 0. The fourth-order valence-corrected chi connectivity index (χ4v) is 1.34. The first-order chi connectivity index (χ1) is 9.40. The van der Waals surface area contributed by atoms with Gasteiger partial charge in [-0.05, 0) is 17.7 Å². The van der Waals surface area contributed by atoms with E-state index in [1.165, 1.54) is 12.1 Å². The monoisotopic (exact) mass is 281 g/mol. The molecule has 1 rings (SSSR count). The highest BCUT2D eigenvalue weighted by Crippen LogP contribution is 2.04. The van der Waals surface area contributed by atoms with Crippen LogP contribution in [0.25, 0.3) is 0 Å². The van der Waals surface area contributed by atoms with Crippen molar-refractivity contribution in [2.45, 2.75) is 12.6 Å². The van der Waals surface area contributed by atoms with E-state index in [1.807, 2.05) is 0 Å². The number of carboxylic acid groups (broad SMARTS) is 1. The maximum absolute atomic E-state index is 11.6. The van der Waals surface area contributed by atoms with Gasteiger partial charge in [0, 0.05) is 12.1 Å². The molecule has 0 aliphatic rings. The van der Waals surface area contributed by atoms with Crippen molar-refractivity contribution in [1.82, 2.24) is 10.6 Å². The van der Waals surface area contributed by atoms with Gasteiger partial charge in [0.25, 0.3) is 5.91 Å². The Bertz CT molecular complexity index is 500. The quantitative estimate of drug-likeness (QED) is 0.456. The summed E-state index contributed by atoms with van der Waals surface area (Å²) in [5.74, 6) is -1.90. The van der Waals surface area contributed by atoms with Crippen LogP contribution in [0.3, 0.4) is 0 Å². The van der Waals surface area contributed by atoms with Gasteiger partial charge in [0.1, 0.15) is 0 Å². The second-order valence-corrected chi connectivity index (χ2v) is 3.98. The van der Waals surface area contributed by atoms with Gasteiger partial charge in [-0.2, -0.15) is 0 Å². The number of nitrogens with two attached hydrogens (primary N) is 1. The zero-order chi connectivity index (χ0) is 15.1. The normalized spacial score (nSPS) is 11.4. The number of aliphatic hydroxyl groups excluding tert-OH is 1. The average Bonchev–Trinajstić information content (AvgIpc) is 2.42. The lowest BCUT2D eigenvalue weighted by Gasteiger charge is -2.08. The number of benzene rings is 1. The highest BCUT2D eigenvalue weighted by Gasteiger charge is 2.14. The van der Waals surface area contributed by atoms with Gasteiger partial charge in [0.05, 0.1) is 6.54 Å². The summed E-state index contributed by atoms with van der Waals surface area (Å²) in [5.41, 5.74) is 5.99. The number of carbonyl (C=O) groups is 3. The molecule has 0 aliphatic heterocycles. The van der Waals surface area contributed by atoms with Crippen LogP contribution in [0.15, 0.2) is 24.3 Å². The van der Waals surface area contributed by atoms with Gasteiger partial charge in [-0.15, -0.1) is 0 Å². The molecule has 0 radical (unpaired) electrons. The molecule has 108 valence electrons. The van der Waals surface area contributed by atoms with Crippen molar-refractivity contribution in [3.05, 3.63) is 35.4 Å². The van der Waals surface area contributed by atoms with Crippen LogP contribution in [0.1, 0.15) is 15.9 Å². The second-order valence-electron chi connectivity index (χ2n) is 3.98. The predicted octanol–water partition coefficient (Wildman–Crippen LogP) is -0.970. The summed E-state index contributed by atoms with van der Waals surface area (Å²) >= 11 is 0. The molecule has 1 unspecified atom stereocenters. The molecule has 0 saturated carbocycles. The van der Waals surface area contributed by atoms with E-state index >= 15 is 0 Å². The van der Waals surface area contributed by atoms with Crippen LogP contribution >= 0.6 is 0 Å². The first kappa shape index (κ1) is 15.4. The van der Waals surface area contributed by atoms with E-state index < -0.39 is 24.0 Å². The average molecular weight is 281 g/mol. The molecule has 0 fully saturated rings. The largest absolute Gasteiger partial charge is 0.479 e. The topological polar surface area (TPSA) is 142 Å². The van der Waals surface area contributed by atoms with Gasteiger partial charge in [-0.25, -0.2) is 9.59 Å². The van der Waals surface area contributed by atoms with Gasteiger partial charge >= 0.3 is 12.0 Å². The smallest absolute Gasteiger partial charge is 0.334 e. The number of aliphatic hydroxyl groups is 1. The van der Waals surface area contributed by atoms with Gasteiger partial charge < -0.3 is 26.6 Å². The molecule has 0 aromatic heterocycles. The van der Waals surface area contributed by atoms with Crippen LogP contribution < -0.4 is 16.4 Å². The van der Waals surface area contributed by atoms with Crippen molar-refractivity contribution >= 4 is 17.9 Å². The second kappa shape index (κ2) is 7.10. The van der Waals surface area contributed by atoms with Gasteiger partial charge in [0.15, 0.2) is 6.10 Å². The van der Waals surface area contributed by atoms with E-state index in [4.69, 9.17) is 15.9 Å². The van der Waals surface area contributed by atoms with E-state index in [9.17, 15) is 14.4 Å². The third kappa shape index (κ3) is 4.94. The number of hydrogen-bond acceptors (Lipinski definition) is 4. The van der Waals surface area contributed by atoms with Crippen molar-refractivity contribution < 1.29 is 24.6 Å². The lowest BCUT2D eigenvalue weighted by molar-refractivity contribution is -0.146. The Hall–Kier alpha value is -2.61. The first-order valence-electron chi connectivity index (χ1n) is 5.71. The van der Waals surface area contributed by atoms with Crippen LogP contribution in [0.4, 0.5) is 4.79 Å². The molecule has 0 saturated heterocycles. The minimum absolute atomic E-state index is 0.245. The first-order valence-corrected chi connectivity index (χ1v) is 5.71. The number of carboxylic acids is 1. The van der Waals surface area contributed by atoms with Crippen molar-refractivity contribution in [3.8, 4) is 0 Å². The molecule has 0 heterocycles. The van der Waals surface area contributed by atoms with Gasteiger partial charge in [-0.3, -0.25) is 4.79 Å². The van der Waals surface area contributed by atoms with Crippen molar-refractivity contribution in [2.24, 2.45) is 5.73 Å². The number of primary amides is 1. The molecule has 0 aliphatic carbocycles. The fraction of sp³-hybridized carbons (Fsp3) is 0.250. The number of rotatable bonds is 6. The van der Waals surface area contributed by atoms with Gasteiger partial charge in [0.2, 0.25) is 0 Å². The van der Waals surface area contributed by atoms with Crippen molar-refractivity contribution in [3.63, 3.8) is 0 Å². The highest BCUT2D eigenvalue weighted by atomic mass is 16.4. The molecule has 6 N–H and O–H groups in total. The third-order valence-electron chi connectivity index (χ3n) is 2.42. The van der Waals surface area contributed by atoms with E-state index in [1.54, 1.807) is 12.1 Å². The SMILES string of the molecule is NC(=O)NCc1ccc(C(=O)NCC(O)C(=O)O)cc1. The number of carbonyl (C=O) groups excluding carboxylic acids is 2. The zero-order valence-electron chi connectivity index (χ0n) is 10.5. The Morgan fingerprint density at radius 1 is 1.15 bits per heavy atom. The summed E-state index contributed by atoms with van der Waals surface area (Å²) in [4.78, 5) is 32.5. The maximum atomic E-state index is 11.6. The summed E-state index contributed by atoms with van der Waals surface area (Å²) in [6, 6.07) is 5.63. The van der Waals surface area contributed by atoms with Crippen LogP contribution in [0.2, 0.25) is 0 Å². The van der Waals surface area contributed by atoms with Crippen LogP contribution in [-0.2, 0) is 11.3 Å². The van der Waals surface area contributed by atoms with Crippen LogP contribution in [0.5, 0.6) is 0 Å². The number of aliphatic carboxylic acids is 1. The molecule has 8 heteroatoms. The molecular weight excluding hydrogens is 266 g/mol. The van der Waals surface area contributed by atoms with Crippen molar-refractivity contribution in [1.29, 1.82) is 0 Å². The van der Waals surface area contributed by atoms with E-state index in [0.29, 0.717) is 5.56 Å². The van der Waals surface area contributed by atoms with Crippen LogP contribution in [0, 0.1) is 0 Å². The summed E-state index contributed by atoms with van der Waals surface area (Å²) < 4.78 is 0. The highest BCUT2D eigenvalue weighted by molar-refractivity contribution is 5.94. The number of urea groups is 1. The Morgan fingerprint density at radius 3 is 2.25 bits per heavy atom. The Balaban J connectivity index is 2.53. The fourth-order valence-electron chi connectivity index (χ4n) is 1.34. The summed E-state index contributed by atoms with van der Waals surface area (Å²) in [6.45, 7) is -0.131.